The summed E-state index contributed by atoms with van der Waals surface area (Å²) in [5.74, 6) is -1.94. The summed E-state index contributed by atoms with van der Waals surface area (Å²) in [5.41, 5.74) is 0.505. The number of carboxylic acids is 1. The van der Waals surface area contributed by atoms with Crippen LogP contribution in [0, 0.1) is 5.82 Å². The molecular weight excluding hydrogens is 511 g/mol. The second kappa shape index (κ2) is 9.10. The molecule has 1 aliphatic carbocycles. The number of carbonyl (C=O) groups is 1. The molecule has 2 aliphatic rings. The van der Waals surface area contributed by atoms with E-state index in [1.807, 2.05) is 4.90 Å². The number of aromatic carboxylic acids is 1. The molecule has 1 atom stereocenters. The number of nitrogens with zero attached hydrogens (tertiary/aromatic N) is 3. The lowest BCUT2D eigenvalue weighted by atomic mass is 10.1. The van der Waals surface area contributed by atoms with Crippen molar-refractivity contribution in [3.05, 3.63) is 94.3 Å². The number of nitrogens with one attached hydrogen (secondary N) is 1. The van der Waals surface area contributed by atoms with Gasteiger partial charge in [0.15, 0.2) is 0 Å². The van der Waals surface area contributed by atoms with Crippen molar-refractivity contribution in [2.75, 3.05) is 24.5 Å². The minimum atomic E-state index is -3.73. The number of aromatic nitrogens is 2. The smallest absolute Gasteiger partial charge is 0.341 e. The van der Waals surface area contributed by atoms with Gasteiger partial charge in [0.2, 0.25) is 5.43 Å². The van der Waals surface area contributed by atoms with Crippen molar-refractivity contribution in [2.45, 2.75) is 29.8 Å². The van der Waals surface area contributed by atoms with Crippen LogP contribution in [0.4, 0.5) is 10.1 Å². The summed E-state index contributed by atoms with van der Waals surface area (Å²) < 4.78 is 44.3. The molecule has 2 N–H and O–H groups in total. The first-order chi connectivity index (χ1) is 18.2. The van der Waals surface area contributed by atoms with Gasteiger partial charge in [-0.15, -0.1) is 0 Å². The molecule has 38 heavy (non-hydrogen) atoms. The molecular formula is C27H25FN4O5S. The fraction of sp³-hybridized carbons (Fsp3) is 0.259. The van der Waals surface area contributed by atoms with Crippen molar-refractivity contribution in [1.29, 1.82) is 0 Å². The number of carboxylic acid groups (broad SMARTS) is 1. The van der Waals surface area contributed by atoms with Gasteiger partial charge in [-0.2, -0.15) is 0 Å². The third-order valence-corrected chi connectivity index (χ3v) is 8.85. The first kappa shape index (κ1) is 24.4. The van der Waals surface area contributed by atoms with Gasteiger partial charge >= 0.3 is 5.97 Å². The number of hydrogen-bond donors (Lipinski definition) is 2. The average Bonchev–Trinajstić information content (AvgIpc) is 3.63. The van der Waals surface area contributed by atoms with E-state index >= 15 is 4.39 Å². The molecule has 0 bridgehead atoms. The van der Waals surface area contributed by atoms with Crippen LogP contribution in [0.25, 0.3) is 10.9 Å². The van der Waals surface area contributed by atoms with Gasteiger partial charge in [0.1, 0.15) is 11.4 Å². The molecule has 2 aromatic heterocycles. The topological polar surface area (TPSA) is 114 Å². The lowest BCUT2D eigenvalue weighted by molar-refractivity contribution is 0.0694. The molecule has 0 spiro atoms. The maximum Gasteiger partial charge on any atom is 0.341 e. The highest BCUT2D eigenvalue weighted by Crippen LogP contribution is 2.38. The van der Waals surface area contributed by atoms with Crippen molar-refractivity contribution >= 4 is 32.6 Å². The monoisotopic (exact) mass is 536 g/mol. The minimum Gasteiger partial charge on any atom is -0.477 e. The second-order valence-corrected chi connectivity index (χ2v) is 11.5. The lowest BCUT2D eigenvalue weighted by Crippen LogP contribution is -2.46. The quantitative estimate of drug-likeness (QED) is 0.389. The average molecular weight is 537 g/mol. The number of benzene rings is 2. The number of hydrogen-bond acceptors (Lipinski definition) is 6. The molecule has 11 heteroatoms. The van der Waals surface area contributed by atoms with Gasteiger partial charge in [-0.3, -0.25) is 4.79 Å². The summed E-state index contributed by atoms with van der Waals surface area (Å²) in [5, 5.41) is 12.9. The summed E-state index contributed by atoms with van der Waals surface area (Å²) in [7, 11) is -3.73. The van der Waals surface area contributed by atoms with E-state index in [4.69, 9.17) is 0 Å². The van der Waals surface area contributed by atoms with Gasteiger partial charge in [-0.05, 0) is 48.7 Å². The van der Waals surface area contributed by atoms with E-state index in [0.717, 1.165) is 24.5 Å². The second-order valence-electron chi connectivity index (χ2n) is 9.68. The zero-order chi connectivity index (χ0) is 26.6. The highest BCUT2D eigenvalue weighted by Gasteiger charge is 2.29. The van der Waals surface area contributed by atoms with Crippen LogP contribution in [0.2, 0.25) is 0 Å². The molecule has 4 aromatic rings. The number of halogens is 1. The molecule has 0 radical (unpaired) electrons. The summed E-state index contributed by atoms with van der Waals surface area (Å²) in [6.45, 7) is 1.41. The van der Waals surface area contributed by atoms with Crippen LogP contribution in [-0.2, 0) is 10.0 Å². The third-order valence-electron chi connectivity index (χ3n) is 7.20. The molecule has 3 heterocycles. The van der Waals surface area contributed by atoms with E-state index in [2.05, 4.69) is 5.32 Å². The zero-order valence-electron chi connectivity index (χ0n) is 20.2. The fourth-order valence-corrected chi connectivity index (χ4v) is 6.29. The Morgan fingerprint density at radius 3 is 2.55 bits per heavy atom. The van der Waals surface area contributed by atoms with E-state index in [0.29, 0.717) is 30.8 Å². The molecule has 2 aromatic carbocycles. The molecule has 1 aliphatic heterocycles. The van der Waals surface area contributed by atoms with Crippen LogP contribution in [0.1, 0.15) is 40.8 Å². The minimum absolute atomic E-state index is 0.0490. The van der Waals surface area contributed by atoms with E-state index in [9.17, 15) is 23.1 Å². The molecule has 2 fully saturated rings. The number of piperazine rings is 1. The van der Waals surface area contributed by atoms with Crippen LogP contribution >= 0.6 is 0 Å². The zero-order valence-corrected chi connectivity index (χ0v) is 21.1. The number of anilines is 1. The van der Waals surface area contributed by atoms with Gasteiger partial charge in [0.25, 0.3) is 10.0 Å². The largest absolute Gasteiger partial charge is 0.477 e. The van der Waals surface area contributed by atoms with E-state index in [-0.39, 0.29) is 27.9 Å². The number of pyridine rings is 1. The summed E-state index contributed by atoms with van der Waals surface area (Å²) in [6.07, 6.45) is 6.16. The third kappa shape index (κ3) is 4.17. The predicted octanol–water partition coefficient (Wildman–Crippen LogP) is 3.36. The number of rotatable bonds is 6. The molecule has 196 valence electrons. The van der Waals surface area contributed by atoms with Crippen molar-refractivity contribution in [3.63, 3.8) is 0 Å². The Morgan fingerprint density at radius 1 is 1.08 bits per heavy atom. The van der Waals surface area contributed by atoms with Crippen LogP contribution in [0.15, 0.2) is 76.8 Å². The van der Waals surface area contributed by atoms with E-state index in [1.165, 1.54) is 16.4 Å². The molecule has 9 nitrogen and oxygen atoms in total. The normalized spacial score (nSPS) is 18.1. The van der Waals surface area contributed by atoms with Crippen molar-refractivity contribution in [1.82, 2.24) is 13.9 Å². The van der Waals surface area contributed by atoms with Gasteiger partial charge in [0, 0.05) is 49.7 Å². The Kier molecular flexibility index (Phi) is 5.84. The van der Waals surface area contributed by atoms with Crippen molar-refractivity contribution in [3.8, 4) is 0 Å². The molecule has 1 unspecified atom stereocenters. The highest BCUT2D eigenvalue weighted by molar-refractivity contribution is 7.90. The molecule has 0 amide bonds. The maximum absolute atomic E-state index is 15.4. The number of fused-ring (bicyclic) bond motifs is 1. The van der Waals surface area contributed by atoms with Crippen LogP contribution in [0.5, 0.6) is 0 Å². The Labute approximate surface area is 217 Å². The predicted molar refractivity (Wildman–Crippen MR) is 140 cm³/mol. The van der Waals surface area contributed by atoms with Gasteiger partial charge in [-0.1, -0.05) is 18.2 Å². The van der Waals surface area contributed by atoms with Crippen LogP contribution in [0.3, 0.4) is 0 Å². The van der Waals surface area contributed by atoms with E-state index < -0.39 is 27.2 Å². The summed E-state index contributed by atoms with van der Waals surface area (Å²) in [4.78, 5) is 26.5. The Balaban J connectivity index is 1.33. The highest BCUT2D eigenvalue weighted by atomic mass is 32.2. The van der Waals surface area contributed by atoms with Crippen molar-refractivity contribution in [2.24, 2.45) is 0 Å². The summed E-state index contributed by atoms with van der Waals surface area (Å²) >= 11 is 0. The lowest BCUT2D eigenvalue weighted by Gasteiger charge is -2.35. The molecule has 1 saturated heterocycles. The SMILES string of the molecule is O=C(O)c1cn(C2CC2)c2cc(N3CCNC(c4ccn(S(=O)(=O)c5ccccc5)c4)C3)c(F)cc2c1=O. The Morgan fingerprint density at radius 2 is 1.84 bits per heavy atom. The molecule has 1 saturated carbocycles. The fourth-order valence-electron chi connectivity index (χ4n) is 5.06. The van der Waals surface area contributed by atoms with Gasteiger partial charge in [0.05, 0.1) is 22.1 Å². The summed E-state index contributed by atoms with van der Waals surface area (Å²) in [6, 6.07) is 12.5. The first-order valence-electron chi connectivity index (χ1n) is 12.3. The van der Waals surface area contributed by atoms with Crippen LogP contribution < -0.4 is 15.6 Å². The van der Waals surface area contributed by atoms with Gasteiger partial charge in [-0.25, -0.2) is 21.6 Å². The first-order valence-corrected chi connectivity index (χ1v) is 13.8. The Bertz CT molecular complexity index is 1730. The van der Waals surface area contributed by atoms with Gasteiger partial charge < -0.3 is 19.9 Å². The Hall–Kier alpha value is -3.96. The maximum atomic E-state index is 15.4. The van der Waals surface area contributed by atoms with E-state index in [1.54, 1.807) is 53.2 Å². The van der Waals surface area contributed by atoms with Crippen molar-refractivity contribution < 1.29 is 22.7 Å². The van der Waals surface area contributed by atoms with Crippen LogP contribution in [-0.4, -0.2) is 47.7 Å². The standard InChI is InChI=1S/C27H25FN4O5S/c28-22-12-20-24(32(18-6-7-18)15-21(26(20)33)27(34)35)13-25(22)30-11-9-29-23(16-30)17-8-10-31(14-17)38(36,37)19-4-2-1-3-5-19/h1-5,8,10,12-15,18,23,29H,6-7,9,11,16H2,(H,34,35). The molecule has 6 rings (SSSR count).